The number of carboxylic acids is 1. The zero-order valence-corrected chi connectivity index (χ0v) is 9.63. The Kier molecular flexibility index (Phi) is 5.99. The number of carboxylic acid groups (broad SMARTS) is 1. The van der Waals surface area contributed by atoms with Crippen molar-refractivity contribution in [1.82, 2.24) is 5.32 Å². The average Bonchev–Trinajstić information content (AvgIpc) is 2.34. The standard InChI is InChI=1S/C13H17NO3/c1-2-8-17-10-12(13(15)16)14-9-11-6-4-3-5-7-11/h2-7,12,14H,1,8-10H2,(H,15,16)/t12-/m0/s1. The molecule has 1 rings (SSSR count). The van der Waals surface area contributed by atoms with Gasteiger partial charge in [-0.25, -0.2) is 0 Å². The van der Waals surface area contributed by atoms with Gasteiger partial charge in [0.15, 0.2) is 0 Å². The Morgan fingerprint density at radius 2 is 2.18 bits per heavy atom. The highest BCUT2D eigenvalue weighted by molar-refractivity contribution is 5.73. The van der Waals surface area contributed by atoms with Crippen LogP contribution in [0.25, 0.3) is 0 Å². The third kappa shape index (κ3) is 5.29. The van der Waals surface area contributed by atoms with Crippen LogP contribution in [0.15, 0.2) is 43.0 Å². The molecule has 0 unspecified atom stereocenters. The highest BCUT2D eigenvalue weighted by Gasteiger charge is 2.16. The quantitative estimate of drug-likeness (QED) is 0.528. The summed E-state index contributed by atoms with van der Waals surface area (Å²) in [5.74, 6) is -0.912. The van der Waals surface area contributed by atoms with Crippen LogP contribution in [0.5, 0.6) is 0 Å². The number of nitrogens with one attached hydrogen (secondary N) is 1. The van der Waals surface area contributed by atoms with Crippen molar-refractivity contribution in [1.29, 1.82) is 0 Å². The lowest BCUT2D eigenvalue weighted by molar-refractivity contribution is -0.141. The number of carbonyl (C=O) groups is 1. The molecular formula is C13H17NO3. The molecule has 2 N–H and O–H groups in total. The Balaban J connectivity index is 2.39. The van der Waals surface area contributed by atoms with Crippen molar-refractivity contribution in [2.75, 3.05) is 13.2 Å². The van der Waals surface area contributed by atoms with E-state index >= 15 is 0 Å². The molecule has 0 aliphatic heterocycles. The number of aliphatic carboxylic acids is 1. The second-order valence-electron chi connectivity index (χ2n) is 3.58. The predicted octanol–water partition coefficient (Wildman–Crippen LogP) is 1.43. The van der Waals surface area contributed by atoms with E-state index in [2.05, 4.69) is 11.9 Å². The second kappa shape index (κ2) is 7.60. The van der Waals surface area contributed by atoms with Gasteiger partial charge in [-0.15, -0.1) is 6.58 Å². The molecule has 1 aromatic rings. The smallest absolute Gasteiger partial charge is 0.323 e. The molecule has 92 valence electrons. The van der Waals surface area contributed by atoms with Crippen LogP contribution >= 0.6 is 0 Å². The summed E-state index contributed by atoms with van der Waals surface area (Å²) < 4.78 is 5.13. The minimum atomic E-state index is -0.912. The van der Waals surface area contributed by atoms with Crippen LogP contribution in [-0.4, -0.2) is 30.3 Å². The summed E-state index contributed by atoms with van der Waals surface area (Å²) in [6, 6.07) is 8.94. The molecule has 0 spiro atoms. The molecule has 0 heterocycles. The number of hydrogen-bond donors (Lipinski definition) is 2. The topological polar surface area (TPSA) is 58.6 Å². The molecule has 0 aromatic heterocycles. The third-order valence-electron chi connectivity index (χ3n) is 2.21. The molecule has 0 aliphatic carbocycles. The lowest BCUT2D eigenvalue weighted by atomic mass is 10.2. The van der Waals surface area contributed by atoms with Gasteiger partial charge in [0.2, 0.25) is 0 Å². The Hall–Kier alpha value is -1.65. The molecule has 4 heteroatoms. The van der Waals surface area contributed by atoms with Crippen molar-refractivity contribution in [3.63, 3.8) is 0 Å². The van der Waals surface area contributed by atoms with Crippen LogP contribution in [-0.2, 0) is 16.1 Å². The van der Waals surface area contributed by atoms with Gasteiger partial charge < -0.3 is 9.84 Å². The van der Waals surface area contributed by atoms with E-state index in [4.69, 9.17) is 9.84 Å². The maximum atomic E-state index is 10.9. The van der Waals surface area contributed by atoms with Crippen LogP contribution < -0.4 is 5.32 Å². The van der Waals surface area contributed by atoms with Crippen molar-refractivity contribution in [3.8, 4) is 0 Å². The van der Waals surface area contributed by atoms with Gasteiger partial charge in [0.25, 0.3) is 0 Å². The highest BCUT2D eigenvalue weighted by atomic mass is 16.5. The van der Waals surface area contributed by atoms with E-state index in [0.717, 1.165) is 5.56 Å². The second-order valence-corrected chi connectivity index (χ2v) is 3.58. The predicted molar refractivity (Wildman–Crippen MR) is 65.7 cm³/mol. The minimum Gasteiger partial charge on any atom is -0.480 e. The molecular weight excluding hydrogens is 218 g/mol. The van der Waals surface area contributed by atoms with Crippen molar-refractivity contribution in [3.05, 3.63) is 48.6 Å². The highest BCUT2D eigenvalue weighted by Crippen LogP contribution is 1.98. The van der Waals surface area contributed by atoms with Crippen molar-refractivity contribution < 1.29 is 14.6 Å². The first-order valence-corrected chi connectivity index (χ1v) is 5.42. The zero-order chi connectivity index (χ0) is 12.5. The molecule has 0 saturated heterocycles. The largest absolute Gasteiger partial charge is 0.480 e. The summed E-state index contributed by atoms with van der Waals surface area (Å²) >= 11 is 0. The SMILES string of the molecule is C=CCOC[C@H](NCc1ccccc1)C(=O)O. The number of ether oxygens (including phenoxy) is 1. The molecule has 1 aromatic carbocycles. The molecule has 1 atom stereocenters. The van der Waals surface area contributed by atoms with Gasteiger partial charge in [-0.2, -0.15) is 0 Å². The molecule has 0 aliphatic rings. The summed E-state index contributed by atoms with van der Waals surface area (Å²) in [4.78, 5) is 10.9. The number of rotatable bonds is 8. The average molecular weight is 235 g/mol. The van der Waals surface area contributed by atoms with Crippen molar-refractivity contribution in [2.45, 2.75) is 12.6 Å². The summed E-state index contributed by atoms with van der Waals surface area (Å²) in [5, 5.41) is 11.9. The first-order chi connectivity index (χ1) is 8.24. The van der Waals surface area contributed by atoms with E-state index in [1.165, 1.54) is 0 Å². The van der Waals surface area contributed by atoms with Crippen molar-refractivity contribution in [2.24, 2.45) is 0 Å². The Labute approximate surface area is 101 Å². The molecule has 0 amide bonds. The fourth-order valence-corrected chi connectivity index (χ4v) is 1.32. The number of hydrogen-bond acceptors (Lipinski definition) is 3. The molecule has 17 heavy (non-hydrogen) atoms. The van der Waals surface area contributed by atoms with E-state index in [0.29, 0.717) is 13.2 Å². The lowest BCUT2D eigenvalue weighted by Crippen LogP contribution is -2.40. The van der Waals surface area contributed by atoms with Crippen LogP contribution in [0.2, 0.25) is 0 Å². The van der Waals surface area contributed by atoms with Gasteiger partial charge >= 0.3 is 5.97 Å². The Bertz CT molecular complexity index is 351. The molecule has 4 nitrogen and oxygen atoms in total. The van der Waals surface area contributed by atoms with Gasteiger partial charge in [-0.05, 0) is 5.56 Å². The van der Waals surface area contributed by atoms with Gasteiger partial charge in [0.05, 0.1) is 13.2 Å². The third-order valence-corrected chi connectivity index (χ3v) is 2.21. The Morgan fingerprint density at radius 3 is 2.76 bits per heavy atom. The van der Waals surface area contributed by atoms with Gasteiger partial charge in [-0.3, -0.25) is 10.1 Å². The fourth-order valence-electron chi connectivity index (χ4n) is 1.32. The monoisotopic (exact) mass is 235 g/mol. The van der Waals surface area contributed by atoms with Crippen LogP contribution in [0, 0.1) is 0 Å². The normalized spacial score (nSPS) is 12.0. The van der Waals surface area contributed by atoms with E-state index in [9.17, 15) is 4.79 Å². The molecule has 0 bridgehead atoms. The van der Waals surface area contributed by atoms with E-state index < -0.39 is 12.0 Å². The zero-order valence-electron chi connectivity index (χ0n) is 9.63. The van der Waals surface area contributed by atoms with Gasteiger partial charge in [-0.1, -0.05) is 36.4 Å². The minimum absolute atomic E-state index is 0.133. The van der Waals surface area contributed by atoms with Gasteiger partial charge in [0.1, 0.15) is 6.04 Å². The first-order valence-electron chi connectivity index (χ1n) is 5.42. The first kappa shape index (κ1) is 13.4. The van der Waals surface area contributed by atoms with Crippen molar-refractivity contribution >= 4 is 5.97 Å². The van der Waals surface area contributed by atoms with E-state index in [-0.39, 0.29) is 6.61 Å². The molecule has 0 radical (unpaired) electrons. The summed E-state index contributed by atoms with van der Waals surface area (Å²) in [6.45, 7) is 4.50. The fraction of sp³-hybridized carbons (Fsp3) is 0.308. The number of benzene rings is 1. The molecule has 0 saturated carbocycles. The summed E-state index contributed by atoms with van der Waals surface area (Å²) in [5.41, 5.74) is 1.04. The van der Waals surface area contributed by atoms with Crippen LogP contribution in [0.1, 0.15) is 5.56 Å². The summed E-state index contributed by atoms with van der Waals surface area (Å²) in [7, 11) is 0. The van der Waals surface area contributed by atoms with Gasteiger partial charge in [0, 0.05) is 6.54 Å². The summed E-state index contributed by atoms with van der Waals surface area (Å²) in [6.07, 6.45) is 1.59. The maximum absolute atomic E-state index is 10.9. The van der Waals surface area contributed by atoms with E-state index in [1.807, 2.05) is 30.3 Å². The van der Waals surface area contributed by atoms with Crippen LogP contribution in [0.3, 0.4) is 0 Å². The molecule has 0 fully saturated rings. The maximum Gasteiger partial charge on any atom is 0.323 e. The Morgan fingerprint density at radius 1 is 1.47 bits per heavy atom. The lowest BCUT2D eigenvalue weighted by Gasteiger charge is -2.14. The van der Waals surface area contributed by atoms with E-state index in [1.54, 1.807) is 6.08 Å². The van der Waals surface area contributed by atoms with Crippen LogP contribution in [0.4, 0.5) is 0 Å².